The van der Waals surface area contributed by atoms with Gasteiger partial charge in [0, 0.05) is 6.54 Å². The van der Waals surface area contributed by atoms with Crippen LogP contribution in [0.5, 0.6) is 0 Å². The highest BCUT2D eigenvalue weighted by Crippen LogP contribution is 2.16. The van der Waals surface area contributed by atoms with Gasteiger partial charge in [0.2, 0.25) is 0 Å². The number of aliphatic hydroxyl groups excluding tert-OH is 1. The number of hydrogen-bond donors (Lipinski definition) is 3. The van der Waals surface area contributed by atoms with E-state index in [1.165, 1.54) is 0 Å². The molecular formula is C12H22N2O4. The molecule has 0 aromatic rings. The van der Waals surface area contributed by atoms with Crippen LogP contribution in [-0.4, -0.2) is 52.3 Å². The Bertz CT molecular complexity index is 296. The molecule has 1 fully saturated rings. The van der Waals surface area contributed by atoms with Crippen molar-refractivity contribution in [1.82, 2.24) is 10.2 Å². The van der Waals surface area contributed by atoms with Crippen LogP contribution in [0.2, 0.25) is 0 Å². The standard InChI is InChI=1S/C12H22N2O4/c1-2-5-10(11(16)17)13-12(18)14-7-4-3-6-9(14)8-15/h9-10,15H,2-8H2,1H3,(H,13,18)(H,16,17). The minimum atomic E-state index is -1.01. The number of amides is 2. The SMILES string of the molecule is CCCC(NC(=O)N1CCCCC1CO)C(=O)O. The number of urea groups is 1. The van der Waals surface area contributed by atoms with Crippen LogP contribution < -0.4 is 5.32 Å². The van der Waals surface area contributed by atoms with Gasteiger partial charge in [-0.25, -0.2) is 9.59 Å². The molecule has 1 heterocycles. The Morgan fingerprint density at radius 1 is 1.44 bits per heavy atom. The minimum absolute atomic E-state index is 0.0705. The second kappa shape index (κ2) is 7.20. The van der Waals surface area contributed by atoms with Crippen molar-refractivity contribution in [2.75, 3.05) is 13.2 Å². The molecule has 0 aromatic heterocycles. The average Bonchev–Trinajstić information content (AvgIpc) is 2.37. The fourth-order valence-corrected chi connectivity index (χ4v) is 2.24. The van der Waals surface area contributed by atoms with Crippen LogP contribution in [0.15, 0.2) is 0 Å². The van der Waals surface area contributed by atoms with E-state index >= 15 is 0 Å². The summed E-state index contributed by atoms with van der Waals surface area (Å²) in [5, 5.41) is 20.7. The molecule has 1 aliphatic heterocycles. The Morgan fingerprint density at radius 2 is 2.17 bits per heavy atom. The van der Waals surface area contributed by atoms with E-state index in [-0.39, 0.29) is 18.7 Å². The van der Waals surface area contributed by atoms with Crippen molar-refractivity contribution in [3.05, 3.63) is 0 Å². The first kappa shape index (κ1) is 14.8. The normalized spacial score (nSPS) is 21.4. The molecule has 1 aliphatic rings. The monoisotopic (exact) mass is 258 g/mol. The summed E-state index contributed by atoms with van der Waals surface area (Å²) in [4.78, 5) is 24.5. The van der Waals surface area contributed by atoms with Crippen molar-refractivity contribution in [3.8, 4) is 0 Å². The van der Waals surface area contributed by atoms with Crippen LogP contribution in [0.1, 0.15) is 39.0 Å². The molecule has 1 saturated heterocycles. The number of aliphatic hydroxyl groups is 1. The molecule has 0 aromatic carbocycles. The van der Waals surface area contributed by atoms with Gasteiger partial charge in [0.15, 0.2) is 0 Å². The maximum absolute atomic E-state index is 12.0. The molecule has 6 nitrogen and oxygen atoms in total. The largest absolute Gasteiger partial charge is 0.480 e. The number of nitrogens with zero attached hydrogens (tertiary/aromatic N) is 1. The lowest BCUT2D eigenvalue weighted by Crippen LogP contribution is -2.53. The van der Waals surface area contributed by atoms with Crippen LogP contribution in [0.4, 0.5) is 4.79 Å². The number of hydrogen-bond acceptors (Lipinski definition) is 3. The molecule has 2 atom stereocenters. The summed E-state index contributed by atoms with van der Waals surface area (Å²) < 4.78 is 0. The van der Waals surface area contributed by atoms with E-state index in [2.05, 4.69) is 5.32 Å². The van der Waals surface area contributed by atoms with Crippen molar-refractivity contribution in [3.63, 3.8) is 0 Å². The van der Waals surface area contributed by atoms with Gasteiger partial charge < -0.3 is 20.4 Å². The molecule has 0 radical (unpaired) electrons. The van der Waals surface area contributed by atoms with Crippen LogP contribution in [-0.2, 0) is 4.79 Å². The zero-order chi connectivity index (χ0) is 13.5. The highest BCUT2D eigenvalue weighted by molar-refractivity contribution is 5.82. The van der Waals surface area contributed by atoms with Crippen LogP contribution in [0.3, 0.4) is 0 Å². The third-order valence-electron chi connectivity index (χ3n) is 3.27. The van der Waals surface area contributed by atoms with Crippen LogP contribution in [0.25, 0.3) is 0 Å². The first-order valence-electron chi connectivity index (χ1n) is 6.51. The van der Waals surface area contributed by atoms with E-state index in [0.29, 0.717) is 19.4 Å². The van der Waals surface area contributed by atoms with Crippen molar-refractivity contribution >= 4 is 12.0 Å². The molecule has 0 saturated carbocycles. The van der Waals surface area contributed by atoms with Gasteiger partial charge in [-0.1, -0.05) is 13.3 Å². The number of likely N-dealkylation sites (tertiary alicyclic amines) is 1. The number of carboxylic acid groups (broad SMARTS) is 1. The van der Waals surface area contributed by atoms with Gasteiger partial charge in [-0.2, -0.15) is 0 Å². The maximum atomic E-state index is 12.0. The zero-order valence-corrected chi connectivity index (χ0v) is 10.8. The van der Waals surface area contributed by atoms with Gasteiger partial charge in [0.25, 0.3) is 0 Å². The van der Waals surface area contributed by atoms with E-state index < -0.39 is 12.0 Å². The number of nitrogens with one attached hydrogen (secondary N) is 1. The smallest absolute Gasteiger partial charge is 0.326 e. The lowest BCUT2D eigenvalue weighted by atomic mass is 10.0. The molecule has 18 heavy (non-hydrogen) atoms. The van der Waals surface area contributed by atoms with Gasteiger partial charge in [0.1, 0.15) is 6.04 Å². The lowest BCUT2D eigenvalue weighted by Gasteiger charge is -2.35. The summed E-state index contributed by atoms with van der Waals surface area (Å²) >= 11 is 0. The van der Waals surface area contributed by atoms with Gasteiger partial charge in [-0.3, -0.25) is 0 Å². The predicted octanol–water partition coefficient (Wildman–Crippen LogP) is 0.796. The third-order valence-corrected chi connectivity index (χ3v) is 3.27. The summed E-state index contributed by atoms with van der Waals surface area (Å²) in [5.41, 5.74) is 0. The van der Waals surface area contributed by atoms with E-state index in [0.717, 1.165) is 19.3 Å². The number of carboxylic acids is 1. The molecule has 2 amide bonds. The van der Waals surface area contributed by atoms with Gasteiger partial charge in [-0.05, 0) is 25.7 Å². The number of carbonyl (C=O) groups excluding carboxylic acids is 1. The van der Waals surface area contributed by atoms with Crippen molar-refractivity contribution in [1.29, 1.82) is 0 Å². The molecule has 0 spiro atoms. The molecule has 2 unspecified atom stereocenters. The molecule has 3 N–H and O–H groups in total. The van der Waals surface area contributed by atoms with Crippen molar-refractivity contribution < 1.29 is 19.8 Å². The Hall–Kier alpha value is -1.30. The zero-order valence-electron chi connectivity index (χ0n) is 10.8. The number of aliphatic carboxylic acids is 1. The van der Waals surface area contributed by atoms with Crippen LogP contribution in [0, 0.1) is 0 Å². The highest BCUT2D eigenvalue weighted by Gasteiger charge is 2.28. The number of carbonyl (C=O) groups is 2. The maximum Gasteiger partial charge on any atom is 0.326 e. The molecule has 0 bridgehead atoms. The molecular weight excluding hydrogens is 236 g/mol. The van der Waals surface area contributed by atoms with Gasteiger partial charge in [0.05, 0.1) is 12.6 Å². The van der Waals surface area contributed by atoms with E-state index in [4.69, 9.17) is 5.11 Å². The molecule has 6 heteroatoms. The third kappa shape index (κ3) is 3.87. The van der Waals surface area contributed by atoms with Gasteiger partial charge >= 0.3 is 12.0 Å². The Kier molecular flexibility index (Phi) is 5.91. The fourth-order valence-electron chi connectivity index (χ4n) is 2.24. The predicted molar refractivity (Wildman–Crippen MR) is 66.3 cm³/mol. The summed E-state index contributed by atoms with van der Waals surface area (Å²) in [6, 6.07) is -1.41. The quantitative estimate of drug-likeness (QED) is 0.680. The van der Waals surface area contributed by atoms with Crippen LogP contribution >= 0.6 is 0 Å². The first-order valence-corrected chi connectivity index (χ1v) is 6.51. The van der Waals surface area contributed by atoms with Crippen molar-refractivity contribution in [2.24, 2.45) is 0 Å². The van der Waals surface area contributed by atoms with Crippen molar-refractivity contribution in [2.45, 2.75) is 51.1 Å². The summed E-state index contributed by atoms with van der Waals surface area (Å²) in [5.74, 6) is -1.01. The van der Waals surface area contributed by atoms with E-state index in [1.54, 1.807) is 4.90 Å². The van der Waals surface area contributed by atoms with E-state index in [1.807, 2.05) is 6.92 Å². The Labute approximate surface area is 107 Å². The fraction of sp³-hybridized carbons (Fsp3) is 0.833. The molecule has 1 rings (SSSR count). The Morgan fingerprint density at radius 3 is 2.72 bits per heavy atom. The number of rotatable bonds is 5. The first-order chi connectivity index (χ1) is 8.60. The number of piperidine rings is 1. The topological polar surface area (TPSA) is 89.9 Å². The lowest BCUT2D eigenvalue weighted by molar-refractivity contribution is -0.139. The second-order valence-corrected chi connectivity index (χ2v) is 4.65. The molecule has 0 aliphatic carbocycles. The average molecular weight is 258 g/mol. The highest BCUT2D eigenvalue weighted by atomic mass is 16.4. The van der Waals surface area contributed by atoms with E-state index in [9.17, 15) is 14.7 Å². The summed E-state index contributed by atoms with van der Waals surface area (Å²) in [7, 11) is 0. The summed E-state index contributed by atoms with van der Waals surface area (Å²) in [6.07, 6.45) is 3.77. The minimum Gasteiger partial charge on any atom is -0.480 e. The Balaban J connectivity index is 2.58. The molecule has 104 valence electrons. The second-order valence-electron chi connectivity index (χ2n) is 4.65. The summed E-state index contributed by atoms with van der Waals surface area (Å²) in [6.45, 7) is 2.38. The van der Waals surface area contributed by atoms with Gasteiger partial charge in [-0.15, -0.1) is 0 Å².